The van der Waals surface area contributed by atoms with Crippen LogP contribution in [0.15, 0.2) is 72.1 Å². The van der Waals surface area contributed by atoms with Gasteiger partial charge >= 0.3 is 0 Å². The van der Waals surface area contributed by atoms with Crippen molar-refractivity contribution in [3.8, 4) is 0 Å². The van der Waals surface area contributed by atoms with E-state index in [-0.39, 0.29) is 11.8 Å². The highest BCUT2D eigenvalue weighted by Crippen LogP contribution is 2.17. The quantitative estimate of drug-likeness (QED) is 0.630. The zero-order valence-electron chi connectivity index (χ0n) is 14.2. The van der Waals surface area contributed by atoms with Crippen LogP contribution in [0.2, 0.25) is 0 Å². The van der Waals surface area contributed by atoms with Gasteiger partial charge in [-0.1, -0.05) is 42.0 Å². The molecule has 0 unspecified atom stereocenters. The summed E-state index contributed by atoms with van der Waals surface area (Å²) in [5, 5.41) is 7.47. The van der Waals surface area contributed by atoms with Crippen LogP contribution in [0.3, 0.4) is 0 Å². The zero-order chi connectivity index (χ0) is 18.4. The van der Waals surface area contributed by atoms with E-state index in [4.69, 9.17) is 0 Å². The lowest BCUT2D eigenvalue weighted by atomic mass is 10.1. The number of nitrogens with one attached hydrogen (secondary N) is 2. The molecular formula is C21H18N2O2S. The SMILES string of the molecule is Cc1ccc(/C=C/C(=O)Nc2cccc(NC(=O)c3cccs3)c2)cc1. The summed E-state index contributed by atoms with van der Waals surface area (Å²) in [5.41, 5.74) is 3.38. The minimum absolute atomic E-state index is 0.164. The molecule has 0 atom stereocenters. The monoisotopic (exact) mass is 362 g/mol. The molecule has 4 nitrogen and oxygen atoms in total. The Labute approximate surface area is 156 Å². The smallest absolute Gasteiger partial charge is 0.265 e. The first-order chi connectivity index (χ1) is 12.6. The second-order valence-electron chi connectivity index (χ2n) is 5.75. The molecule has 0 saturated carbocycles. The molecule has 0 fully saturated rings. The topological polar surface area (TPSA) is 58.2 Å². The minimum Gasteiger partial charge on any atom is -0.322 e. The van der Waals surface area contributed by atoms with Crippen molar-refractivity contribution in [1.82, 2.24) is 0 Å². The summed E-state index contributed by atoms with van der Waals surface area (Å²) in [4.78, 5) is 24.8. The second kappa shape index (κ2) is 8.27. The molecule has 0 bridgehead atoms. The van der Waals surface area contributed by atoms with Gasteiger partial charge in [0.05, 0.1) is 4.88 Å². The Balaban J connectivity index is 1.61. The van der Waals surface area contributed by atoms with Gasteiger partial charge < -0.3 is 10.6 Å². The molecule has 26 heavy (non-hydrogen) atoms. The highest BCUT2D eigenvalue weighted by Gasteiger charge is 2.07. The molecule has 1 aromatic heterocycles. The van der Waals surface area contributed by atoms with Crippen molar-refractivity contribution in [3.05, 3.63) is 88.1 Å². The van der Waals surface area contributed by atoms with Crippen LogP contribution in [0.5, 0.6) is 0 Å². The van der Waals surface area contributed by atoms with Gasteiger partial charge in [0, 0.05) is 17.5 Å². The van der Waals surface area contributed by atoms with Crippen LogP contribution in [0.25, 0.3) is 6.08 Å². The fraction of sp³-hybridized carbons (Fsp3) is 0.0476. The Bertz CT molecular complexity index is 929. The number of amides is 2. The Hall–Kier alpha value is -3.18. The molecule has 5 heteroatoms. The fourth-order valence-electron chi connectivity index (χ4n) is 2.31. The Morgan fingerprint density at radius 2 is 1.65 bits per heavy atom. The summed E-state index contributed by atoms with van der Waals surface area (Å²) >= 11 is 1.38. The van der Waals surface area contributed by atoms with Crippen molar-refractivity contribution in [2.45, 2.75) is 6.92 Å². The average molecular weight is 362 g/mol. The minimum atomic E-state index is -0.229. The number of thiophene rings is 1. The molecular weight excluding hydrogens is 344 g/mol. The van der Waals surface area contributed by atoms with Crippen LogP contribution >= 0.6 is 11.3 Å². The molecule has 130 valence electrons. The van der Waals surface area contributed by atoms with E-state index < -0.39 is 0 Å². The van der Waals surface area contributed by atoms with Gasteiger partial charge in [-0.2, -0.15) is 0 Å². The van der Waals surface area contributed by atoms with Crippen molar-refractivity contribution in [2.75, 3.05) is 10.6 Å². The van der Waals surface area contributed by atoms with Gasteiger partial charge in [-0.25, -0.2) is 0 Å². The van der Waals surface area contributed by atoms with E-state index in [0.717, 1.165) is 5.56 Å². The largest absolute Gasteiger partial charge is 0.322 e. The first-order valence-electron chi connectivity index (χ1n) is 8.11. The molecule has 2 N–H and O–H groups in total. The van der Waals surface area contributed by atoms with Crippen molar-refractivity contribution >= 4 is 40.6 Å². The van der Waals surface area contributed by atoms with Gasteiger partial charge in [0.25, 0.3) is 5.91 Å². The number of carbonyl (C=O) groups excluding carboxylic acids is 2. The van der Waals surface area contributed by atoms with Crippen LogP contribution in [0.4, 0.5) is 11.4 Å². The van der Waals surface area contributed by atoms with Gasteiger partial charge in [0.2, 0.25) is 5.91 Å². The van der Waals surface area contributed by atoms with E-state index in [1.54, 1.807) is 36.4 Å². The third kappa shape index (κ3) is 4.91. The Kier molecular flexibility index (Phi) is 5.61. The standard InChI is InChI=1S/C21H18N2O2S/c1-15-7-9-16(10-8-15)11-12-20(24)22-17-4-2-5-18(14-17)23-21(25)19-6-3-13-26-19/h2-14H,1H3,(H,22,24)(H,23,25)/b12-11+. The predicted molar refractivity (Wildman–Crippen MR) is 108 cm³/mol. The molecule has 0 aliphatic heterocycles. The number of carbonyl (C=O) groups is 2. The lowest BCUT2D eigenvalue weighted by molar-refractivity contribution is -0.111. The lowest BCUT2D eigenvalue weighted by Gasteiger charge is -2.07. The molecule has 0 saturated heterocycles. The van der Waals surface area contributed by atoms with Crippen molar-refractivity contribution < 1.29 is 9.59 Å². The summed E-state index contributed by atoms with van der Waals surface area (Å²) < 4.78 is 0. The van der Waals surface area contributed by atoms with Crippen LogP contribution in [-0.4, -0.2) is 11.8 Å². The van der Waals surface area contributed by atoms with Gasteiger partial charge in [-0.05, 0) is 48.2 Å². The van der Waals surface area contributed by atoms with Gasteiger partial charge in [-0.3, -0.25) is 9.59 Å². The predicted octanol–water partition coefficient (Wildman–Crippen LogP) is 4.96. The molecule has 0 spiro atoms. The molecule has 1 heterocycles. The van der Waals surface area contributed by atoms with E-state index in [2.05, 4.69) is 10.6 Å². The highest BCUT2D eigenvalue weighted by molar-refractivity contribution is 7.12. The Morgan fingerprint density at radius 1 is 0.923 bits per heavy atom. The molecule has 0 aliphatic carbocycles. The molecule has 3 aromatic rings. The number of anilines is 2. The maximum Gasteiger partial charge on any atom is 0.265 e. The van der Waals surface area contributed by atoms with Crippen molar-refractivity contribution in [1.29, 1.82) is 0 Å². The summed E-state index contributed by atoms with van der Waals surface area (Å²) in [6, 6.07) is 18.6. The van der Waals surface area contributed by atoms with E-state index in [0.29, 0.717) is 16.3 Å². The van der Waals surface area contributed by atoms with Crippen LogP contribution in [-0.2, 0) is 4.79 Å². The number of hydrogen-bond acceptors (Lipinski definition) is 3. The molecule has 3 rings (SSSR count). The molecule has 0 radical (unpaired) electrons. The number of benzene rings is 2. The lowest BCUT2D eigenvalue weighted by Crippen LogP contribution is -2.11. The van der Waals surface area contributed by atoms with Gasteiger partial charge in [-0.15, -0.1) is 11.3 Å². The van der Waals surface area contributed by atoms with Crippen LogP contribution in [0.1, 0.15) is 20.8 Å². The van der Waals surface area contributed by atoms with Crippen molar-refractivity contribution in [3.63, 3.8) is 0 Å². The molecule has 0 aliphatic rings. The van der Waals surface area contributed by atoms with Crippen molar-refractivity contribution in [2.24, 2.45) is 0 Å². The third-order valence-corrected chi connectivity index (χ3v) is 4.51. The number of aryl methyl sites for hydroxylation is 1. The third-order valence-electron chi connectivity index (χ3n) is 3.64. The normalized spacial score (nSPS) is 10.7. The van der Waals surface area contributed by atoms with E-state index >= 15 is 0 Å². The number of rotatable bonds is 5. The van der Waals surface area contributed by atoms with Crippen LogP contribution < -0.4 is 10.6 Å². The first kappa shape index (κ1) is 17.6. The average Bonchev–Trinajstić information content (AvgIpc) is 3.16. The summed E-state index contributed by atoms with van der Waals surface area (Å²) in [6.07, 6.45) is 3.25. The molecule has 2 amide bonds. The maximum absolute atomic E-state index is 12.1. The zero-order valence-corrected chi connectivity index (χ0v) is 15.0. The Morgan fingerprint density at radius 3 is 2.35 bits per heavy atom. The summed E-state index contributed by atoms with van der Waals surface area (Å²) in [6.45, 7) is 2.02. The van der Waals surface area contributed by atoms with Crippen LogP contribution in [0, 0.1) is 6.92 Å². The van der Waals surface area contributed by atoms with E-state index in [9.17, 15) is 9.59 Å². The first-order valence-corrected chi connectivity index (χ1v) is 8.99. The van der Waals surface area contributed by atoms with E-state index in [1.807, 2.05) is 42.6 Å². The fourth-order valence-corrected chi connectivity index (χ4v) is 2.93. The maximum atomic E-state index is 12.1. The molecule has 2 aromatic carbocycles. The van der Waals surface area contributed by atoms with E-state index in [1.165, 1.54) is 23.0 Å². The summed E-state index contributed by atoms with van der Waals surface area (Å²) in [7, 11) is 0. The number of hydrogen-bond donors (Lipinski definition) is 2. The highest BCUT2D eigenvalue weighted by atomic mass is 32.1. The van der Waals surface area contributed by atoms with Gasteiger partial charge in [0.15, 0.2) is 0 Å². The second-order valence-corrected chi connectivity index (χ2v) is 6.69. The van der Waals surface area contributed by atoms with Gasteiger partial charge in [0.1, 0.15) is 0 Å². The summed E-state index contributed by atoms with van der Waals surface area (Å²) in [5.74, 6) is -0.393.